The molecular formula is C24H21N3O4. The van der Waals surface area contributed by atoms with E-state index in [1.807, 2.05) is 54.6 Å². The zero-order valence-corrected chi connectivity index (χ0v) is 16.8. The summed E-state index contributed by atoms with van der Waals surface area (Å²) in [4.78, 5) is 35.6. The fourth-order valence-electron chi connectivity index (χ4n) is 2.90. The lowest BCUT2D eigenvalue weighted by atomic mass is 10.0. The Kier molecular flexibility index (Phi) is 6.80. The van der Waals surface area contributed by atoms with E-state index in [0.29, 0.717) is 22.7 Å². The Morgan fingerprint density at radius 3 is 2.06 bits per heavy atom. The van der Waals surface area contributed by atoms with E-state index in [0.717, 1.165) is 11.1 Å². The molecule has 31 heavy (non-hydrogen) atoms. The molecule has 0 spiro atoms. The molecule has 3 aromatic carbocycles. The fraction of sp³-hybridized carbons (Fsp3) is 0.0417. The second-order valence-electron chi connectivity index (χ2n) is 6.52. The van der Waals surface area contributed by atoms with Gasteiger partial charge in [0, 0.05) is 22.5 Å². The molecule has 156 valence electrons. The highest BCUT2D eigenvalue weighted by Gasteiger charge is 2.15. The standard InChI is InChI=1S/C24H21N3O4/c1-31-21-13-6-5-10-17(21)14-20(16-8-3-2-4-9-16)23(29)26-18-11-7-12-19(15-18)27-24(30)22(25)28/h2-15H,1H3,(H2,25,28)(H,26,29)(H,27,30)/b20-14+. The number of ether oxygens (including phenoxy) is 1. The quantitative estimate of drug-likeness (QED) is 0.326. The number of nitrogens with one attached hydrogen (secondary N) is 2. The van der Waals surface area contributed by atoms with Crippen molar-refractivity contribution >= 4 is 40.7 Å². The minimum absolute atomic E-state index is 0.330. The minimum Gasteiger partial charge on any atom is -0.496 e. The molecule has 0 heterocycles. The first-order valence-corrected chi connectivity index (χ1v) is 9.40. The van der Waals surface area contributed by atoms with E-state index in [4.69, 9.17) is 10.5 Å². The number of para-hydroxylation sites is 1. The third kappa shape index (κ3) is 5.57. The number of rotatable bonds is 6. The lowest BCUT2D eigenvalue weighted by Crippen LogP contribution is -2.29. The Labute approximate surface area is 179 Å². The lowest BCUT2D eigenvalue weighted by molar-refractivity contribution is -0.134. The van der Waals surface area contributed by atoms with Crippen molar-refractivity contribution in [1.29, 1.82) is 0 Å². The van der Waals surface area contributed by atoms with Crippen LogP contribution in [0.1, 0.15) is 11.1 Å². The molecule has 0 fully saturated rings. The average Bonchev–Trinajstić information content (AvgIpc) is 2.78. The van der Waals surface area contributed by atoms with Crippen molar-refractivity contribution in [3.05, 3.63) is 90.0 Å². The van der Waals surface area contributed by atoms with Crippen LogP contribution in [0.2, 0.25) is 0 Å². The predicted octanol–water partition coefficient (Wildman–Crippen LogP) is 3.30. The van der Waals surface area contributed by atoms with E-state index in [-0.39, 0.29) is 5.91 Å². The van der Waals surface area contributed by atoms with E-state index in [2.05, 4.69) is 10.6 Å². The number of benzene rings is 3. The van der Waals surface area contributed by atoms with Gasteiger partial charge in [-0.2, -0.15) is 0 Å². The topological polar surface area (TPSA) is 111 Å². The van der Waals surface area contributed by atoms with Crippen molar-refractivity contribution in [2.75, 3.05) is 17.7 Å². The van der Waals surface area contributed by atoms with Crippen LogP contribution in [0.3, 0.4) is 0 Å². The van der Waals surface area contributed by atoms with Crippen LogP contribution in [0.5, 0.6) is 5.75 Å². The number of anilines is 2. The van der Waals surface area contributed by atoms with E-state index in [1.54, 1.807) is 31.4 Å². The highest BCUT2D eigenvalue weighted by molar-refractivity contribution is 6.39. The van der Waals surface area contributed by atoms with Crippen molar-refractivity contribution in [2.24, 2.45) is 5.73 Å². The summed E-state index contributed by atoms with van der Waals surface area (Å²) in [5.74, 6) is -1.75. The van der Waals surface area contributed by atoms with Crippen molar-refractivity contribution in [3.63, 3.8) is 0 Å². The maximum absolute atomic E-state index is 13.2. The van der Waals surface area contributed by atoms with Crippen molar-refractivity contribution < 1.29 is 19.1 Å². The van der Waals surface area contributed by atoms with Gasteiger partial charge >= 0.3 is 11.8 Å². The molecule has 7 heteroatoms. The Morgan fingerprint density at radius 1 is 0.806 bits per heavy atom. The number of amides is 3. The number of methoxy groups -OCH3 is 1. The maximum Gasteiger partial charge on any atom is 0.313 e. The largest absolute Gasteiger partial charge is 0.496 e. The molecule has 0 aliphatic heterocycles. The second kappa shape index (κ2) is 9.89. The molecule has 0 atom stereocenters. The van der Waals surface area contributed by atoms with Gasteiger partial charge in [0.1, 0.15) is 5.75 Å². The van der Waals surface area contributed by atoms with E-state index < -0.39 is 11.8 Å². The lowest BCUT2D eigenvalue weighted by Gasteiger charge is -2.12. The fourth-order valence-corrected chi connectivity index (χ4v) is 2.90. The Morgan fingerprint density at radius 2 is 1.42 bits per heavy atom. The minimum atomic E-state index is -1.10. The van der Waals surface area contributed by atoms with Gasteiger partial charge in [0.25, 0.3) is 5.91 Å². The van der Waals surface area contributed by atoms with Gasteiger partial charge in [-0.05, 0) is 35.9 Å². The molecule has 3 amide bonds. The van der Waals surface area contributed by atoms with Gasteiger partial charge in [-0.1, -0.05) is 54.6 Å². The molecule has 0 bridgehead atoms. The molecule has 0 unspecified atom stereocenters. The van der Waals surface area contributed by atoms with Crippen LogP contribution < -0.4 is 21.1 Å². The summed E-state index contributed by atoms with van der Waals surface area (Å²) in [5, 5.41) is 5.20. The Balaban J connectivity index is 1.92. The summed E-state index contributed by atoms with van der Waals surface area (Å²) < 4.78 is 5.40. The number of carbonyl (C=O) groups excluding carboxylic acids is 3. The van der Waals surface area contributed by atoms with E-state index in [9.17, 15) is 14.4 Å². The average molecular weight is 415 g/mol. The first kappa shape index (κ1) is 21.3. The SMILES string of the molecule is COc1ccccc1/C=C(/C(=O)Nc1cccc(NC(=O)C(N)=O)c1)c1ccccc1. The van der Waals surface area contributed by atoms with Gasteiger partial charge in [-0.3, -0.25) is 14.4 Å². The summed E-state index contributed by atoms with van der Waals surface area (Å²) in [6.45, 7) is 0. The first-order chi connectivity index (χ1) is 15.0. The molecule has 0 radical (unpaired) electrons. The van der Waals surface area contributed by atoms with Crippen LogP contribution in [0.15, 0.2) is 78.9 Å². The number of hydrogen-bond donors (Lipinski definition) is 3. The molecule has 4 N–H and O–H groups in total. The van der Waals surface area contributed by atoms with Gasteiger partial charge < -0.3 is 21.1 Å². The molecule has 0 saturated heterocycles. The van der Waals surface area contributed by atoms with Gasteiger partial charge in [0.05, 0.1) is 7.11 Å². The monoisotopic (exact) mass is 415 g/mol. The smallest absolute Gasteiger partial charge is 0.313 e. The Bertz CT molecular complexity index is 1140. The summed E-state index contributed by atoms with van der Waals surface area (Å²) in [6.07, 6.45) is 1.75. The van der Waals surface area contributed by atoms with Crippen molar-refractivity contribution in [1.82, 2.24) is 0 Å². The van der Waals surface area contributed by atoms with E-state index in [1.165, 1.54) is 6.07 Å². The normalized spacial score (nSPS) is 10.8. The zero-order chi connectivity index (χ0) is 22.2. The number of nitrogens with two attached hydrogens (primary N) is 1. The van der Waals surface area contributed by atoms with Crippen molar-refractivity contribution in [3.8, 4) is 5.75 Å². The maximum atomic E-state index is 13.2. The summed E-state index contributed by atoms with van der Waals surface area (Å²) in [5.41, 5.74) is 7.64. The first-order valence-electron chi connectivity index (χ1n) is 9.40. The van der Waals surface area contributed by atoms with Gasteiger partial charge in [-0.15, -0.1) is 0 Å². The van der Waals surface area contributed by atoms with Crippen LogP contribution >= 0.6 is 0 Å². The summed E-state index contributed by atoms with van der Waals surface area (Å²) in [6, 6.07) is 23.0. The highest BCUT2D eigenvalue weighted by atomic mass is 16.5. The van der Waals surface area contributed by atoms with Crippen LogP contribution in [0, 0.1) is 0 Å². The van der Waals surface area contributed by atoms with Gasteiger partial charge in [0.2, 0.25) is 0 Å². The van der Waals surface area contributed by atoms with Gasteiger partial charge in [0.15, 0.2) is 0 Å². The third-order valence-electron chi connectivity index (χ3n) is 4.37. The summed E-state index contributed by atoms with van der Waals surface area (Å²) >= 11 is 0. The van der Waals surface area contributed by atoms with Crippen LogP contribution in [-0.4, -0.2) is 24.8 Å². The Hall–Kier alpha value is -4.39. The predicted molar refractivity (Wildman–Crippen MR) is 120 cm³/mol. The van der Waals surface area contributed by atoms with Crippen molar-refractivity contribution in [2.45, 2.75) is 0 Å². The van der Waals surface area contributed by atoms with Crippen LogP contribution in [0.25, 0.3) is 11.6 Å². The second-order valence-corrected chi connectivity index (χ2v) is 6.52. The zero-order valence-electron chi connectivity index (χ0n) is 16.8. The molecule has 0 saturated carbocycles. The molecule has 3 aromatic rings. The molecule has 0 aliphatic rings. The number of carbonyl (C=O) groups is 3. The number of primary amides is 1. The third-order valence-corrected chi connectivity index (χ3v) is 4.37. The molecular weight excluding hydrogens is 394 g/mol. The van der Waals surface area contributed by atoms with Crippen LogP contribution in [0.4, 0.5) is 11.4 Å². The highest BCUT2D eigenvalue weighted by Crippen LogP contribution is 2.26. The van der Waals surface area contributed by atoms with Crippen LogP contribution in [-0.2, 0) is 14.4 Å². The molecule has 7 nitrogen and oxygen atoms in total. The van der Waals surface area contributed by atoms with Gasteiger partial charge in [-0.25, -0.2) is 0 Å². The molecule has 0 aliphatic carbocycles. The molecule has 3 rings (SSSR count). The number of hydrogen-bond acceptors (Lipinski definition) is 4. The van der Waals surface area contributed by atoms with E-state index >= 15 is 0 Å². The molecule has 0 aromatic heterocycles. The summed E-state index contributed by atoms with van der Waals surface area (Å²) in [7, 11) is 1.57.